The summed E-state index contributed by atoms with van der Waals surface area (Å²) >= 11 is 3.06. The van der Waals surface area contributed by atoms with E-state index in [4.69, 9.17) is 14.7 Å². The highest BCUT2D eigenvalue weighted by Crippen LogP contribution is 2.39. The second-order valence-corrected chi connectivity index (χ2v) is 9.42. The fraction of sp³-hybridized carbons (Fsp3) is 0.300. The van der Waals surface area contributed by atoms with Gasteiger partial charge < -0.3 is 15.0 Å². The van der Waals surface area contributed by atoms with Gasteiger partial charge in [-0.1, -0.05) is 22.7 Å². The Bertz CT molecular complexity index is 1290. The zero-order valence-corrected chi connectivity index (χ0v) is 17.8. The minimum absolute atomic E-state index is 0.219. The lowest BCUT2D eigenvalue weighted by molar-refractivity contribution is 0.144. The summed E-state index contributed by atoms with van der Waals surface area (Å²) < 4.78 is 6.13. The van der Waals surface area contributed by atoms with Crippen molar-refractivity contribution < 1.29 is 4.74 Å². The molecule has 0 spiro atoms. The number of piperidine rings is 1. The molecule has 2 atom stereocenters. The molecule has 0 unspecified atom stereocenters. The maximum absolute atomic E-state index is 6.13. The van der Waals surface area contributed by atoms with E-state index in [0.29, 0.717) is 11.2 Å². The molecule has 0 aliphatic carbocycles. The molecule has 8 nitrogen and oxygen atoms in total. The van der Waals surface area contributed by atoms with Crippen molar-refractivity contribution >= 4 is 43.2 Å². The number of aromatic nitrogens is 6. The standard InChI is InChI=1S/C20H19N7OS2/c1-10-6-12(2-4-21-10)28-20-27-19-18(30-20)26-17(29-19)16-15-13(3-5-22-15)14(9-23-16)11-7-24-25-8-11/h3,5,7-10,12,21-22H,2,4,6H2,1H3,(H,24,25)/t10-,12-/m0/s1. The number of hydrogen-bond donors (Lipinski definition) is 3. The van der Waals surface area contributed by atoms with Crippen LogP contribution in [-0.4, -0.2) is 48.8 Å². The van der Waals surface area contributed by atoms with Gasteiger partial charge >= 0.3 is 0 Å². The monoisotopic (exact) mass is 437 g/mol. The van der Waals surface area contributed by atoms with Gasteiger partial charge in [-0.25, -0.2) is 4.98 Å². The van der Waals surface area contributed by atoms with E-state index in [1.807, 2.05) is 18.6 Å². The highest BCUT2D eigenvalue weighted by Gasteiger charge is 2.22. The van der Waals surface area contributed by atoms with Crippen LogP contribution in [0.2, 0.25) is 0 Å². The van der Waals surface area contributed by atoms with Gasteiger partial charge in [0.2, 0.25) is 0 Å². The number of nitrogens with zero attached hydrogens (tertiary/aromatic N) is 4. The molecule has 6 rings (SSSR count). The van der Waals surface area contributed by atoms with Gasteiger partial charge in [0.15, 0.2) is 9.66 Å². The van der Waals surface area contributed by atoms with Crippen LogP contribution in [0.4, 0.5) is 0 Å². The predicted molar refractivity (Wildman–Crippen MR) is 119 cm³/mol. The minimum Gasteiger partial charge on any atom is -0.467 e. The molecule has 1 saturated heterocycles. The van der Waals surface area contributed by atoms with Gasteiger partial charge in [-0.05, 0) is 32.4 Å². The highest BCUT2D eigenvalue weighted by atomic mass is 32.1. The molecule has 1 aliphatic rings. The predicted octanol–water partition coefficient (Wildman–Crippen LogP) is 4.21. The smallest absolute Gasteiger partial charge is 0.276 e. The first-order valence-electron chi connectivity index (χ1n) is 9.87. The van der Waals surface area contributed by atoms with Crippen LogP contribution in [0, 0.1) is 0 Å². The lowest BCUT2D eigenvalue weighted by Crippen LogP contribution is -2.40. The van der Waals surface area contributed by atoms with Crippen molar-refractivity contribution in [2.24, 2.45) is 0 Å². The molecule has 0 amide bonds. The Morgan fingerprint density at radius 3 is 2.93 bits per heavy atom. The Morgan fingerprint density at radius 1 is 1.17 bits per heavy atom. The van der Waals surface area contributed by atoms with Crippen molar-refractivity contribution in [2.75, 3.05) is 6.54 Å². The van der Waals surface area contributed by atoms with Crippen molar-refractivity contribution in [1.29, 1.82) is 0 Å². The largest absolute Gasteiger partial charge is 0.467 e. The van der Waals surface area contributed by atoms with Gasteiger partial charge in [0.25, 0.3) is 5.19 Å². The van der Waals surface area contributed by atoms with Gasteiger partial charge in [-0.3, -0.25) is 10.1 Å². The number of nitrogens with one attached hydrogen (secondary N) is 3. The van der Waals surface area contributed by atoms with Crippen molar-refractivity contribution in [3.8, 4) is 27.0 Å². The average molecular weight is 438 g/mol. The first-order chi connectivity index (χ1) is 14.7. The number of pyridine rings is 1. The van der Waals surface area contributed by atoms with Crippen LogP contribution in [0.25, 0.3) is 42.4 Å². The van der Waals surface area contributed by atoms with E-state index >= 15 is 0 Å². The number of H-pyrrole nitrogens is 2. The van der Waals surface area contributed by atoms with Crippen LogP contribution < -0.4 is 10.1 Å². The van der Waals surface area contributed by atoms with Gasteiger partial charge in [-0.15, -0.1) is 0 Å². The second kappa shape index (κ2) is 7.15. The van der Waals surface area contributed by atoms with Gasteiger partial charge in [-0.2, -0.15) is 10.1 Å². The Labute approximate surface area is 179 Å². The first kappa shape index (κ1) is 18.0. The van der Waals surface area contributed by atoms with E-state index in [-0.39, 0.29) is 6.10 Å². The molecule has 5 aromatic rings. The molecule has 30 heavy (non-hydrogen) atoms. The minimum atomic E-state index is 0.219. The van der Waals surface area contributed by atoms with Crippen LogP contribution in [0.1, 0.15) is 19.8 Å². The number of ether oxygens (including phenoxy) is 1. The Hall–Kier alpha value is -2.82. The molecule has 0 aromatic carbocycles. The van der Waals surface area contributed by atoms with Crippen LogP contribution in [0.15, 0.2) is 30.9 Å². The summed E-state index contributed by atoms with van der Waals surface area (Å²) in [6.45, 7) is 3.18. The average Bonchev–Trinajstić information content (AvgIpc) is 3.50. The van der Waals surface area contributed by atoms with Crippen molar-refractivity contribution in [3.63, 3.8) is 0 Å². The maximum atomic E-state index is 6.13. The summed E-state index contributed by atoms with van der Waals surface area (Å²) in [6.07, 6.45) is 9.72. The maximum Gasteiger partial charge on any atom is 0.276 e. The van der Waals surface area contributed by atoms with Gasteiger partial charge in [0.1, 0.15) is 16.8 Å². The quantitative estimate of drug-likeness (QED) is 0.389. The molecule has 10 heteroatoms. The third-order valence-corrected chi connectivity index (χ3v) is 7.33. The summed E-state index contributed by atoms with van der Waals surface area (Å²) in [7, 11) is 0. The third-order valence-electron chi connectivity index (χ3n) is 5.41. The van der Waals surface area contributed by atoms with Crippen LogP contribution >= 0.6 is 22.7 Å². The van der Waals surface area contributed by atoms with Gasteiger partial charge in [0, 0.05) is 41.1 Å². The number of thiazole rings is 2. The topological polar surface area (TPSA) is 104 Å². The number of aromatic amines is 2. The lowest BCUT2D eigenvalue weighted by atomic mass is 10.0. The normalized spacial score (nSPS) is 19.6. The Morgan fingerprint density at radius 2 is 2.10 bits per heavy atom. The van der Waals surface area contributed by atoms with E-state index in [1.165, 1.54) is 11.3 Å². The van der Waals surface area contributed by atoms with E-state index < -0.39 is 0 Å². The summed E-state index contributed by atoms with van der Waals surface area (Å²) in [6, 6.07) is 2.54. The van der Waals surface area contributed by atoms with Crippen molar-refractivity contribution in [2.45, 2.75) is 31.9 Å². The SMILES string of the molecule is C[C@H]1C[C@@H](Oc2nc3sc(-c4ncc(-c5cn[nH]c5)c5cc[nH]c45)nc3s2)CCN1. The molecule has 0 bridgehead atoms. The Kier molecular flexibility index (Phi) is 4.29. The summed E-state index contributed by atoms with van der Waals surface area (Å²) in [5.41, 5.74) is 3.85. The molecule has 1 fully saturated rings. The van der Waals surface area contributed by atoms with E-state index in [0.717, 1.165) is 61.8 Å². The van der Waals surface area contributed by atoms with Crippen LogP contribution in [0.5, 0.6) is 5.19 Å². The fourth-order valence-corrected chi connectivity index (χ4v) is 5.91. The number of fused-ring (bicyclic) bond motifs is 2. The fourth-order valence-electron chi connectivity index (χ4n) is 3.95. The van der Waals surface area contributed by atoms with E-state index in [9.17, 15) is 0 Å². The van der Waals surface area contributed by atoms with E-state index in [1.54, 1.807) is 17.5 Å². The van der Waals surface area contributed by atoms with E-state index in [2.05, 4.69) is 38.5 Å². The zero-order chi connectivity index (χ0) is 20.1. The molecule has 3 N–H and O–H groups in total. The molecule has 6 heterocycles. The molecular weight excluding hydrogens is 418 g/mol. The summed E-state index contributed by atoms with van der Waals surface area (Å²) in [5, 5.41) is 13.0. The van der Waals surface area contributed by atoms with Crippen LogP contribution in [0.3, 0.4) is 0 Å². The number of hydrogen-bond acceptors (Lipinski definition) is 8. The van der Waals surface area contributed by atoms with Gasteiger partial charge in [0.05, 0.1) is 11.7 Å². The summed E-state index contributed by atoms with van der Waals surface area (Å²) in [4.78, 5) is 19.3. The summed E-state index contributed by atoms with van der Waals surface area (Å²) in [5.74, 6) is 0. The highest BCUT2D eigenvalue weighted by molar-refractivity contribution is 7.28. The molecule has 1 aliphatic heterocycles. The third kappa shape index (κ3) is 3.08. The molecule has 152 valence electrons. The molecule has 0 radical (unpaired) electrons. The molecule has 5 aromatic heterocycles. The zero-order valence-electron chi connectivity index (χ0n) is 16.2. The first-order valence-corrected chi connectivity index (χ1v) is 11.5. The van der Waals surface area contributed by atoms with Crippen molar-refractivity contribution in [3.05, 3.63) is 30.9 Å². The van der Waals surface area contributed by atoms with Crippen LogP contribution in [-0.2, 0) is 0 Å². The molecular formula is C20H19N7OS2. The Balaban J connectivity index is 1.33. The van der Waals surface area contributed by atoms with Crippen molar-refractivity contribution in [1.82, 2.24) is 35.5 Å². The lowest BCUT2D eigenvalue weighted by Gasteiger charge is -2.27. The number of rotatable bonds is 4. The second-order valence-electron chi connectivity index (χ2n) is 7.50. The molecule has 0 saturated carbocycles.